The number of piperidine rings is 1. The number of aromatic hydroxyl groups is 1. The lowest BCUT2D eigenvalue weighted by Crippen LogP contribution is -2.34. The molecule has 0 radical (unpaired) electrons. The van der Waals surface area contributed by atoms with Crippen LogP contribution < -0.4 is 17.2 Å². The van der Waals surface area contributed by atoms with E-state index < -0.39 is 11.7 Å². The Morgan fingerprint density at radius 2 is 1.59 bits per heavy atom. The molecule has 0 saturated carbocycles. The van der Waals surface area contributed by atoms with Gasteiger partial charge in [-0.15, -0.1) is 0 Å². The van der Waals surface area contributed by atoms with Crippen LogP contribution in [0.1, 0.15) is 37.8 Å². The number of hydrogen-bond donors (Lipinski definition) is 4. The Labute approximate surface area is 199 Å². The average Bonchev–Trinajstić information content (AvgIpc) is 2.78. The van der Waals surface area contributed by atoms with Crippen LogP contribution in [-0.2, 0) is 11.3 Å². The first-order valence-electron chi connectivity index (χ1n) is 11.1. The summed E-state index contributed by atoms with van der Waals surface area (Å²) in [5.74, 6) is -3.51. The van der Waals surface area contributed by atoms with E-state index in [1.165, 1.54) is 5.56 Å². The molecule has 0 spiro atoms. The number of hydrogen-bond acceptors (Lipinski definition) is 6. The predicted molar refractivity (Wildman–Crippen MR) is 131 cm³/mol. The molecule has 1 aliphatic heterocycles. The van der Waals surface area contributed by atoms with Crippen molar-refractivity contribution in [3.05, 3.63) is 83.2 Å². The van der Waals surface area contributed by atoms with Crippen LogP contribution in [0.4, 0.5) is 8.78 Å². The normalized spacial score (nSPS) is 15.2. The van der Waals surface area contributed by atoms with E-state index in [0.717, 1.165) is 45.0 Å². The first-order chi connectivity index (χ1) is 16.0. The molecule has 2 aromatic carbocycles. The topological polar surface area (TPSA) is 119 Å². The Hall–Kier alpha value is -3.39. The third-order valence-corrected chi connectivity index (χ3v) is 5.75. The zero-order valence-corrected chi connectivity index (χ0v) is 19.7. The fourth-order valence-electron chi connectivity index (χ4n) is 3.64. The van der Waals surface area contributed by atoms with Crippen molar-refractivity contribution in [2.24, 2.45) is 23.1 Å². The quantitative estimate of drug-likeness (QED) is 0.473. The molecule has 7 N–H and O–H groups in total. The summed E-state index contributed by atoms with van der Waals surface area (Å²) in [5.41, 5.74) is 21.4. The van der Waals surface area contributed by atoms with E-state index in [-0.39, 0.29) is 11.7 Å². The number of halogens is 2. The number of phenolic OH excluding ortho intramolecular Hbond substituents is 1. The van der Waals surface area contributed by atoms with Gasteiger partial charge in [-0.25, -0.2) is 0 Å². The number of alkyl halides is 2. The molecule has 0 aromatic heterocycles. The van der Waals surface area contributed by atoms with Gasteiger partial charge in [0.15, 0.2) is 5.78 Å². The fourth-order valence-corrected chi connectivity index (χ4v) is 3.64. The highest BCUT2D eigenvalue weighted by Gasteiger charge is 2.27. The van der Waals surface area contributed by atoms with E-state index in [1.807, 2.05) is 18.2 Å². The van der Waals surface area contributed by atoms with E-state index in [9.17, 15) is 18.7 Å². The molecular formula is C26H34F2N4O2. The second-order valence-electron chi connectivity index (χ2n) is 8.51. The summed E-state index contributed by atoms with van der Waals surface area (Å²) < 4.78 is 23.0. The van der Waals surface area contributed by atoms with Crippen LogP contribution in [0.15, 0.2) is 72.1 Å². The Morgan fingerprint density at radius 3 is 2.09 bits per heavy atom. The van der Waals surface area contributed by atoms with Gasteiger partial charge in [-0.2, -0.15) is 8.78 Å². The van der Waals surface area contributed by atoms with Gasteiger partial charge in [0, 0.05) is 31.7 Å². The molecular weight excluding hydrogens is 438 g/mol. The number of nitrogens with zero attached hydrogens (tertiary/aromatic N) is 1. The Bertz CT molecular complexity index is 1000. The molecule has 1 fully saturated rings. The number of nitrogens with two attached hydrogens (primary N) is 3. The zero-order valence-electron chi connectivity index (χ0n) is 19.7. The molecule has 0 aliphatic carbocycles. The SMILES string of the molecule is CC(=O)C(C)(F)F.NC(N)=C(/C=C(\N)c1ccccc1O)C1CCN(Cc2ccccc2)CC1. The largest absolute Gasteiger partial charge is 0.507 e. The van der Waals surface area contributed by atoms with Crippen LogP contribution in [0.3, 0.4) is 0 Å². The smallest absolute Gasteiger partial charge is 0.302 e. The van der Waals surface area contributed by atoms with Gasteiger partial charge >= 0.3 is 5.92 Å². The molecule has 8 heteroatoms. The molecule has 184 valence electrons. The number of ketones is 1. The summed E-state index contributed by atoms with van der Waals surface area (Å²) in [7, 11) is 0. The molecule has 34 heavy (non-hydrogen) atoms. The number of rotatable bonds is 6. The molecule has 0 unspecified atom stereocenters. The van der Waals surface area contributed by atoms with Gasteiger partial charge in [-0.1, -0.05) is 42.5 Å². The molecule has 0 amide bonds. The van der Waals surface area contributed by atoms with E-state index in [4.69, 9.17) is 17.2 Å². The van der Waals surface area contributed by atoms with Crippen molar-refractivity contribution in [1.82, 2.24) is 4.90 Å². The minimum Gasteiger partial charge on any atom is -0.507 e. The van der Waals surface area contributed by atoms with Crippen LogP contribution in [0, 0.1) is 5.92 Å². The highest BCUT2D eigenvalue weighted by molar-refractivity contribution is 5.82. The Kier molecular flexibility index (Phi) is 9.62. The van der Waals surface area contributed by atoms with Crippen molar-refractivity contribution in [3.8, 4) is 5.75 Å². The Morgan fingerprint density at radius 1 is 1.06 bits per heavy atom. The van der Waals surface area contributed by atoms with Crippen molar-refractivity contribution in [2.75, 3.05) is 13.1 Å². The summed E-state index contributed by atoms with van der Waals surface area (Å²) in [5, 5.41) is 10.0. The fraction of sp³-hybridized carbons (Fsp3) is 0.346. The maximum absolute atomic E-state index is 11.5. The third-order valence-electron chi connectivity index (χ3n) is 5.75. The van der Waals surface area contributed by atoms with Gasteiger partial charge < -0.3 is 22.3 Å². The minimum atomic E-state index is -3.14. The standard InChI is InChI=1S/C22H28N4O.C4H6F2O/c23-20(18-8-4-5-9-21(18)27)14-19(22(24)25)17-10-12-26(13-11-17)15-16-6-2-1-3-7-16;1-3(7)4(2,5)6/h1-9,14,17,27H,10-13,15,23-25H2;1-2H3/b20-14-;. The summed E-state index contributed by atoms with van der Waals surface area (Å²) in [4.78, 5) is 12.2. The molecule has 2 aromatic rings. The van der Waals surface area contributed by atoms with E-state index in [2.05, 4.69) is 29.2 Å². The van der Waals surface area contributed by atoms with Crippen LogP contribution in [0.2, 0.25) is 0 Å². The molecule has 1 heterocycles. The minimum absolute atomic E-state index is 0.152. The van der Waals surface area contributed by atoms with Crippen molar-refractivity contribution in [2.45, 2.75) is 39.2 Å². The molecule has 0 atom stereocenters. The van der Waals surface area contributed by atoms with Crippen LogP contribution in [0.25, 0.3) is 5.70 Å². The number of Topliss-reactive ketones (excluding diaryl/α,β-unsaturated/α-hetero) is 1. The van der Waals surface area contributed by atoms with Crippen molar-refractivity contribution in [3.63, 3.8) is 0 Å². The number of likely N-dealkylation sites (tertiary alicyclic amines) is 1. The van der Waals surface area contributed by atoms with Gasteiger partial charge in [0.2, 0.25) is 0 Å². The summed E-state index contributed by atoms with van der Waals surface area (Å²) in [6.45, 7) is 4.37. The van der Waals surface area contributed by atoms with Crippen molar-refractivity contribution in [1.29, 1.82) is 0 Å². The molecule has 1 saturated heterocycles. The lowest BCUT2D eigenvalue weighted by atomic mass is 9.87. The number of carbonyl (C=O) groups excluding carboxylic acids is 1. The van der Waals surface area contributed by atoms with Crippen molar-refractivity contribution >= 4 is 11.5 Å². The number of carbonyl (C=O) groups is 1. The second-order valence-corrected chi connectivity index (χ2v) is 8.51. The highest BCUT2D eigenvalue weighted by Crippen LogP contribution is 2.30. The summed E-state index contributed by atoms with van der Waals surface area (Å²) >= 11 is 0. The predicted octanol–water partition coefficient (Wildman–Crippen LogP) is 3.96. The van der Waals surface area contributed by atoms with Crippen LogP contribution >= 0.6 is 0 Å². The Balaban J connectivity index is 0.000000509. The third kappa shape index (κ3) is 8.19. The zero-order chi connectivity index (χ0) is 25.3. The van der Waals surface area contributed by atoms with Gasteiger partial charge in [-0.3, -0.25) is 9.69 Å². The van der Waals surface area contributed by atoms with Gasteiger partial charge in [0.05, 0.1) is 5.82 Å². The maximum Gasteiger partial charge on any atom is 0.302 e. The molecule has 3 rings (SSSR count). The second kappa shape index (κ2) is 12.2. The van der Waals surface area contributed by atoms with E-state index in [0.29, 0.717) is 24.0 Å². The lowest BCUT2D eigenvalue weighted by molar-refractivity contribution is -0.138. The summed E-state index contributed by atoms with van der Waals surface area (Å²) in [6, 6.07) is 17.5. The summed E-state index contributed by atoms with van der Waals surface area (Å²) in [6.07, 6.45) is 3.77. The number of phenols is 1. The van der Waals surface area contributed by atoms with E-state index >= 15 is 0 Å². The first-order valence-corrected chi connectivity index (χ1v) is 11.1. The molecule has 1 aliphatic rings. The van der Waals surface area contributed by atoms with Crippen molar-refractivity contribution < 1.29 is 18.7 Å². The van der Waals surface area contributed by atoms with Gasteiger partial charge in [0.1, 0.15) is 5.75 Å². The monoisotopic (exact) mass is 472 g/mol. The van der Waals surface area contributed by atoms with Crippen LogP contribution in [0.5, 0.6) is 5.75 Å². The lowest BCUT2D eigenvalue weighted by Gasteiger charge is -2.33. The van der Waals surface area contributed by atoms with Gasteiger partial charge in [-0.05, 0) is 61.2 Å². The average molecular weight is 473 g/mol. The van der Waals surface area contributed by atoms with Crippen LogP contribution in [-0.4, -0.2) is 34.8 Å². The first kappa shape index (κ1) is 26.9. The number of para-hydroxylation sites is 1. The molecule has 6 nitrogen and oxygen atoms in total. The number of allylic oxidation sites excluding steroid dienone is 2. The van der Waals surface area contributed by atoms with E-state index in [1.54, 1.807) is 18.2 Å². The van der Waals surface area contributed by atoms with Gasteiger partial charge in [0.25, 0.3) is 0 Å². The highest BCUT2D eigenvalue weighted by atomic mass is 19.3. The maximum atomic E-state index is 11.5. The number of benzene rings is 2. The molecule has 0 bridgehead atoms.